The van der Waals surface area contributed by atoms with Crippen LogP contribution in [0, 0.1) is 3.57 Å². The van der Waals surface area contributed by atoms with Crippen molar-refractivity contribution in [1.82, 2.24) is 0 Å². The van der Waals surface area contributed by atoms with Crippen LogP contribution in [0.15, 0.2) is 6.07 Å². The molecule has 0 fully saturated rings. The SMILES string of the molecule is O=C(O)c1c(O)cc(I)c(O)c1O. The molecule has 0 aliphatic rings. The van der Waals surface area contributed by atoms with Crippen LogP contribution < -0.4 is 0 Å². The number of phenolic OH excluding ortho intramolecular Hbond substituents is 1. The maximum absolute atomic E-state index is 10.5. The highest BCUT2D eigenvalue weighted by atomic mass is 127. The zero-order chi connectivity index (χ0) is 10.2. The minimum atomic E-state index is -1.50. The molecule has 0 saturated heterocycles. The van der Waals surface area contributed by atoms with Crippen LogP contribution in [-0.2, 0) is 0 Å². The van der Waals surface area contributed by atoms with Gasteiger partial charge in [-0.1, -0.05) is 0 Å². The first-order valence-electron chi connectivity index (χ1n) is 3.11. The molecule has 0 amide bonds. The first-order chi connectivity index (χ1) is 5.95. The van der Waals surface area contributed by atoms with Gasteiger partial charge in [-0.15, -0.1) is 0 Å². The number of aromatic hydroxyl groups is 3. The zero-order valence-electron chi connectivity index (χ0n) is 6.15. The van der Waals surface area contributed by atoms with E-state index in [9.17, 15) is 4.79 Å². The van der Waals surface area contributed by atoms with E-state index in [0.29, 0.717) is 0 Å². The number of hydrogen-bond acceptors (Lipinski definition) is 4. The second kappa shape index (κ2) is 3.29. The zero-order valence-corrected chi connectivity index (χ0v) is 8.31. The molecule has 13 heavy (non-hydrogen) atoms. The largest absolute Gasteiger partial charge is 0.507 e. The lowest BCUT2D eigenvalue weighted by Gasteiger charge is -2.05. The lowest BCUT2D eigenvalue weighted by molar-refractivity contribution is 0.0689. The molecule has 0 heterocycles. The van der Waals surface area contributed by atoms with Crippen molar-refractivity contribution in [3.63, 3.8) is 0 Å². The Morgan fingerprint density at radius 3 is 2.23 bits per heavy atom. The smallest absolute Gasteiger partial charge is 0.343 e. The molecular weight excluding hydrogens is 291 g/mol. The molecule has 0 aliphatic carbocycles. The van der Waals surface area contributed by atoms with Gasteiger partial charge in [0.1, 0.15) is 11.3 Å². The summed E-state index contributed by atoms with van der Waals surface area (Å²) in [6.07, 6.45) is 0. The van der Waals surface area contributed by atoms with Crippen LogP contribution in [0.3, 0.4) is 0 Å². The molecule has 0 bridgehead atoms. The van der Waals surface area contributed by atoms with E-state index in [0.717, 1.165) is 6.07 Å². The summed E-state index contributed by atoms with van der Waals surface area (Å²) in [6.45, 7) is 0. The highest BCUT2D eigenvalue weighted by Gasteiger charge is 2.20. The van der Waals surface area contributed by atoms with Crippen LogP contribution in [0.5, 0.6) is 17.2 Å². The highest BCUT2D eigenvalue weighted by molar-refractivity contribution is 14.1. The molecule has 0 radical (unpaired) electrons. The van der Waals surface area contributed by atoms with E-state index in [2.05, 4.69) is 0 Å². The van der Waals surface area contributed by atoms with Gasteiger partial charge in [-0.2, -0.15) is 0 Å². The average Bonchev–Trinajstić information content (AvgIpc) is 1.99. The summed E-state index contributed by atoms with van der Waals surface area (Å²) < 4.78 is 0.178. The van der Waals surface area contributed by atoms with E-state index >= 15 is 0 Å². The number of hydrogen-bond donors (Lipinski definition) is 4. The number of aromatic carboxylic acids is 1. The van der Waals surface area contributed by atoms with Crippen LogP contribution >= 0.6 is 22.6 Å². The van der Waals surface area contributed by atoms with Gasteiger partial charge in [0.25, 0.3) is 0 Å². The van der Waals surface area contributed by atoms with E-state index in [-0.39, 0.29) is 3.57 Å². The Morgan fingerprint density at radius 1 is 1.23 bits per heavy atom. The second-order valence-corrected chi connectivity index (χ2v) is 3.42. The quantitative estimate of drug-likeness (QED) is 0.353. The third-order valence-electron chi connectivity index (χ3n) is 1.42. The number of halogens is 1. The van der Waals surface area contributed by atoms with E-state index < -0.39 is 28.8 Å². The first-order valence-corrected chi connectivity index (χ1v) is 4.19. The molecule has 0 spiro atoms. The van der Waals surface area contributed by atoms with Crippen molar-refractivity contribution < 1.29 is 25.2 Å². The van der Waals surface area contributed by atoms with E-state index in [4.69, 9.17) is 20.4 Å². The van der Waals surface area contributed by atoms with Crippen molar-refractivity contribution in [3.8, 4) is 17.2 Å². The van der Waals surface area contributed by atoms with E-state index in [1.54, 1.807) is 22.6 Å². The monoisotopic (exact) mass is 296 g/mol. The third-order valence-corrected chi connectivity index (χ3v) is 2.24. The Kier molecular flexibility index (Phi) is 2.50. The predicted molar refractivity (Wildman–Crippen MR) is 51.1 cm³/mol. The summed E-state index contributed by atoms with van der Waals surface area (Å²) in [6, 6.07) is 1.05. The first kappa shape index (κ1) is 9.90. The predicted octanol–water partition coefficient (Wildman–Crippen LogP) is 1.11. The van der Waals surface area contributed by atoms with Crippen molar-refractivity contribution in [1.29, 1.82) is 0 Å². The lowest BCUT2D eigenvalue weighted by Crippen LogP contribution is -1.98. The van der Waals surface area contributed by atoms with Gasteiger partial charge in [0, 0.05) is 0 Å². The molecule has 1 aromatic carbocycles. The Bertz CT molecular complexity index is 374. The number of carbonyl (C=O) groups is 1. The van der Waals surface area contributed by atoms with Gasteiger partial charge in [0.05, 0.1) is 3.57 Å². The maximum Gasteiger partial charge on any atom is 0.343 e. The average molecular weight is 296 g/mol. The van der Waals surface area contributed by atoms with Gasteiger partial charge in [-0.3, -0.25) is 0 Å². The Labute approximate surface area is 86.4 Å². The summed E-state index contributed by atoms with van der Waals surface area (Å²) in [5.74, 6) is -3.44. The van der Waals surface area contributed by atoms with Gasteiger partial charge in [0.15, 0.2) is 11.5 Å². The number of phenols is 3. The molecule has 0 aliphatic heterocycles. The molecule has 0 aromatic heterocycles. The van der Waals surface area contributed by atoms with Crippen LogP contribution in [0.4, 0.5) is 0 Å². The molecular formula is C7H5IO5. The molecule has 1 aromatic rings. The van der Waals surface area contributed by atoms with Crippen molar-refractivity contribution in [2.45, 2.75) is 0 Å². The van der Waals surface area contributed by atoms with Crippen LogP contribution in [-0.4, -0.2) is 26.4 Å². The van der Waals surface area contributed by atoms with Crippen molar-refractivity contribution in [2.24, 2.45) is 0 Å². The van der Waals surface area contributed by atoms with Crippen molar-refractivity contribution >= 4 is 28.6 Å². The minimum absolute atomic E-state index is 0.178. The van der Waals surface area contributed by atoms with Crippen LogP contribution in [0.25, 0.3) is 0 Å². The topological polar surface area (TPSA) is 98.0 Å². The molecule has 4 N–H and O–H groups in total. The van der Waals surface area contributed by atoms with Gasteiger partial charge in [-0.05, 0) is 28.7 Å². The van der Waals surface area contributed by atoms with Gasteiger partial charge in [-0.25, -0.2) is 4.79 Å². The Morgan fingerprint density at radius 2 is 1.77 bits per heavy atom. The number of carboxylic acid groups (broad SMARTS) is 1. The summed E-state index contributed by atoms with van der Waals surface area (Å²) in [5, 5.41) is 35.9. The molecule has 5 nitrogen and oxygen atoms in total. The van der Waals surface area contributed by atoms with Gasteiger partial charge < -0.3 is 20.4 Å². The highest BCUT2D eigenvalue weighted by Crippen LogP contribution is 2.38. The minimum Gasteiger partial charge on any atom is -0.507 e. The van der Waals surface area contributed by atoms with Crippen LogP contribution in [0.2, 0.25) is 0 Å². The maximum atomic E-state index is 10.5. The number of carboxylic acids is 1. The van der Waals surface area contributed by atoms with Gasteiger partial charge >= 0.3 is 5.97 Å². The number of rotatable bonds is 1. The fourth-order valence-electron chi connectivity index (χ4n) is 0.824. The summed E-state index contributed by atoms with van der Waals surface area (Å²) in [5.41, 5.74) is -0.696. The lowest BCUT2D eigenvalue weighted by atomic mass is 10.1. The van der Waals surface area contributed by atoms with E-state index in [1.165, 1.54) is 0 Å². The van der Waals surface area contributed by atoms with Crippen molar-refractivity contribution in [2.75, 3.05) is 0 Å². The summed E-state index contributed by atoms with van der Waals surface area (Å²) in [4.78, 5) is 10.5. The molecule has 0 atom stereocenters. The normalized spacial score (nSPS) is 9.92. The summed E-state index contributed by atoms with van der Waals surface area (Å²) in [7, 11) is 0. The third kappa shape index (κ3) is 1.62. The fourth-order valence-corrected chi connectivity index (χ4v) is 1.37. The number of benzene rings is 1. The molecule has 1 rings (SSSR count). The molecule has 6 heteroatoms. The standard InChI is InChI=1S/C7H5IO5/c8-2-1-3(9)4(7(12)13)6(11)5(2)10/h1,9-11H,(H,12,13). The fraction of sp³-hybridized carbons (Fsp3) is 0. The van der Waals surface area contributed by atoms with Gasteiger partial charge in [0.2, 0.25) is 0 Å². The van der Waals surface area contributed by atoms with Crippen LogP contribution in [0.1, 0.15) is 10.4 Å². The van der Waals surface area contributed by atoms with E-state index in [1.807, 2.05) is 0 Å². The second-order valence-electron chi connectivity index (χ2n) is 2.25. The molecule has 0 saturated carbocycles. The molecule has 0 unspecified atom stereocenters. The van der Waals surface area contributed by atoms with Crippen molar-refractivity contribution in [3.05, 3.63) is 15.2 Å². The molecule has 70 valence electrons. The Balaban J connectivity index is 3.53. The summed E-state index contributed by atoms with van der Waals surface area (Å²) >= 11 is 1.65. The Hall–Kier alpha value is -1.18.